The number of ether oxygens (including phenoxy) is 1. The molecule has 106 valence electrons. The van der Waals surface area contributed by atoms with Crippen LogP contribution in [0, 0.1) is 0 Å². The molecule has 0 bridgehead atoms. The van der Waals surface area contributed by atoms with Crippen molar-refractivity contribution in [3.8, 4) is 5.75 Å². The third-order valence-electron chi connectivity index (χ3n) is 2.90. The van der Waals surface area contributed by atoms with Crippen molar-refractivity contribution in [2.24, 2.45) is 0 Å². The molecule has 0 amide bonds. The molecule has 0 aliphatic carbocycles. The van der Waals surface area contributed by atoms with Crippen molar-refractivity contribution in [1.82, 2.24) is 5.32 Å². The Morgan fingerprint density at radius 1 is 0.950 bits per heavy atom. The fraction of sp³-hybridized carbons (Fsp3) is 0.250. The minimum absolute atomic E-state index is 0.505. The molecule has 0 heterocycles. The molecule has 0 aliphatic heterocycles. The summed E-state index contributed by atoms with van der Waals surface area (Å²) in [6, 6.07) is 13.6. The predicted octanol–water partition coefficient (Wildman–Crippen LogP) is 4.68. The van der Waals surface area contributed by atoms with Gasteiger partial charge in [-0.3, -0.25) is 0 Å². The molecule has 0 saturated heterocycles. The highest BCUT2D eigenvalue weighted by atomic mass is 35.5. The average Bonchev–Trinajstić information content (AvgIpc) is 2.47. The monoisotopic (exact) mass is 309 g/mol. The van der Waals surface area contributed by atoms with Gasteiger partial charge in [-0.15, -0.1) is 0 Å². The first-order chi connectivity index (χ1) is 9.69. The zero-order chi connectivity index (χ0) is 14.4. The normalized spacial score (nSPS) is 10.6. The summed E-state index contributed by atoms with van der Waals surface area (Å²) in [5, 5.41) is 4.33. The zero-order valence-corrected chi connectivity index (χ0v) is 12.8. The second kappa shape index (κ2) is 7.53. The van der Waals surface area contributed by atoms with E-state index < -0.39 is 0 Å². The highest BCUT2D eigenvalue weighted by Gasteiger charge is 2.01. The number of halogens is 2. The largest absolute Gasteiger partial charge is 0.489 e. The first-order valence-corrected chi connectivity index (χ1v) is 7.31. The van der Waals surface area contributed by atoms with Gasteiger partial charge in [-0.1, -0.05) is 54.4 Å². The molecule has 0 fully saturated rings. The van der Waals surface area contributed by atoms with Crippen LogP contribution >= 0.6 is 23.2 Å². The maximum Gasteiger partial charge on any atom is 0.121 e. The summed E-state index contributed by atoms with van der Waals surface area (Å²) < 4.78 is 5.69. The maximum atomic E-state index is 5.95. The van der Waals surface area contributed by atoms with Crippen molar-refractivity contribution in [2.45, 2.75) is 20.1 Å². The molecule has 0 radical (unpaired) electrons. The minimum atomic E-state index is 0.505. The van der Waals surface area contributed by atoms with Crippen molar-refractivity contribution >= 4 is 23.2 Å². The summed E-state index contributed by atoms with van der Waals surface area (Å²) in [6.07, 6.45) is 0. The van der Waals surface area contributed by atoms with E-state index in [2.05, 4.69) is 36.5 Å². The lowest BCUT2D eigenvalue weighted by atomic mass is 10.1. The Labute approximate surface area is 129 Å². The third kappa shape index (κ3) is 4.41. The second-order valence-electron chi connectivity index (χ2n) is 4.46. The maximum absolute atomic E-state index is 5.95. The molecule has 0 aromatic heterocycles. The summed E-state index contributed by atoms with van der Waals surface area (Å²) >= 11 is 11.8. The molecule has 4 heteroatoms. The minimum Gasteiger partial charge on any atom is -0.489 e. The van der Waals surface area contributed by atoms with Gasteiger partial charge in [0.05, 0.1) is 10.0 Å². The molecule has 2 rings (SSSR count). The van der Waals surface area contributed by atoms with E-state index >= 15 is 0 Å². The van der Waals surface area contributed by atoms with Gasteiger partial charge in [0.25, 0.3) is 0 Å². The summed E-state index contributed by atoms with van der Waals surface area (Å²) in [5.41, 5.74) is 2.39. The van der Waals surface area contributed by atoms with Gasteiger partial charge in [-0.05, 0) is 29.8 Å². The van der Waals surface area contributed by atoms with Crippen molar-refractivity contribution in [3.63, 3.8) is 0 Å². The molecule has 0 saturated carbocycles. The Hall–Kier alpha value is -1.22. The van der Waals surface area contributed by atoms with E-state index in [9.17, 15) is 0 Å². The number of benzene rings is 2. The lowest BCUT2D eigenvalue weighted by molar-refractivity contribution is 0.306. The molecular formula is C16H17Cl2NO. The Bertz CT molecular complexity index is 555. The van der Waals surface area contributed by atoms with Crippen LogP contribution in [0.15, 0.2) is 42.5 Å². The van der Waals surface area contributed by atoms with E-state index in [4.69, 9.17) is 27.9 Å². The average molecular weight is 310 g/mol. The fourth-order valence-corrected chi connectivity index (χ4v) is 2.04. The first kappa shape index (κ1) is 15.2. The second-order valence-corrected chi connectivity index (χ2v) is 5.28. The predicted molar refractivity (Wildman–Crippen MR) is 84.6 cm³/mol. The van der Waals surface area contributed by atoms with Gasteiger partial charge in [-0.25, -0.2) is 0 Å². The van der Waals surface area contributed by atoms with Gasteiger partial charge in [0.2, 0.25) is 0 Å². The Morgan fingerprint density at radius 2 is 1.65 bits per heavy atom. The summed E-state index contributed by atoms with van der Waals surface area (Å²) in [7, 11) is 0. The Kier molecular flexibility index (Phi) is 5.72. The van der Waals surface area contributed by atoms with E-state index in [0.717, 1.165) is 24.4 Å². The van der Waals surface area contributed by atoms with Crippen molar-refractivity contribution in [1.29, 1.82) is 0 Å². The van der Waals surface area contributed by atoms with E-state index in [0.29, 0.717) is 16.7 Å². The Morgan fingerprint density at radius 3 is 2.30 bits per heavy atom. The van der Waals surface area contributed by atoms with Crippen LogP contribution in [0.5, 0.6) is 5.75 Å². The smallest absolute Gasteiger partial charge is 0.121 e. The van der Waals surface area contributed by atoms with Crippen LogP contribution < -0.4 is 10.1 Å². The lowest BCUT2D eigenvalue weighted by Crippen LogP contribution is -2.11. The van der Waals surface area contributed by atoms with Gasteiger partial charge >= 0.3 is 0 Å². The summed E-state index contributed by atoms with van der Waals surface area (Å²) in [6.45, 7) is 4.48. The standard InChI is InChI=1S/C16H17Cl2NO/c1-2-19-10-12-3-5-13(6-4-12)11-20-14-7-8-15(17)16(18)9-14/h3-9,19H,2,10-11H2,1H3. The topological polar surface area (TPSA) is 21.3 Å². The van der Waals surface area contributed by atoms with Gasteiger partial charge in [-0.2, -0.15) is 0 Å². The van der Waals surface area contributed by atoms with Crippen molar-refractivity contribution in [2.75, 3.05) is 6.54 Å². The molecule has 2 aromatic carbocycles. The SMILES string of the molecule is CCNCc1ccc(COc2ccc(Cl)c(Cl)c2)cc1. The fourth-order valence-electron chi connectivity index (χ4n) is 1.76. The van der Waals surface area contributed by atoms with Crippen LogP contribution in [0.2, 0.25) is 10.0 Å². The van der Waals surface area contributed by atoms with Gasteiger partial charge < -0.3 is 10.1 Å². The van der Waals surface area contributed by atoms with Gasteiger partial charge in [0.1, 0.15) is 12.4 Å². The summed E-state index contributed by atoms with van der Waals surface area (Å²) in [5.74, 6) is 0.719. The Balaban J connectivity index is 1.91. The number of rotatable bonds is 6. The van der Waals surface area contributed by atoms with Gasteiger partial charge in [0, 0.05) is 12.6 Å². The molecular weight excluding hydrogens is 293 g/mol. The quantitative estimate of drug-likeness (QED) is 0.836. The highest BCUT2D eigenvalue weighted by molar-refractivity contribution is 6.42. The zero-order valence-electron chi connectivity index (χ0n) is 11.3. The highest BCUT2D eigenvalue weighted by Crippen LogP contribution is 2.26. The molecule has 0 atom stereocenters. The third-order valence-corrected chi connectivity index (χ3v) is 3.64. The van der Waals surface area contributed by atoms with Crippen LogP contribution in [0.3, 0.4) is 0 Å². The van der Waals surface area contributed by atoms with Crippen molar-refractivity contribution < 1.29 is 4.74 Å². The van der Waals surface area contributed by atoms with E-state index in [1.165, 1.54) is 5.56 Å². The number of hydrogen-bond acceptors (Lipinski definition) is 2. The molecule has 0 unspecified atom stereocenters. The van der Waals surface area contributed by atoms with Crippen LogP contribution in [-0.4, -0.2) is 6.54 Å². The van der Waals surface area contributed by atoms with E-state index in [1.54, 1.807) is 12.1 Å². The van der Waals surface area contributed by atoms with Crippen LogP contribution in [0.4, 0.5) is 0 Å². The molecule has 0 aliphatic rings. The van der Waals surface area contributed by atoms with Crippen LogP contribution in [0.25, 0.3) is 0 Å². The number of nitrogens with one attached hydrogen (secondary N) is 1. The molecule has 20 heavy (non-hydrogen) atoms. The molecule has 2 aromatic rings. The first-order valence-electron chi connectivity index (χ1n) is 6.55. The van der Waals surface area contributed by atoms with E-state index in [-0.39, 0.29) is 0 Å². The van der Waals surface area contributed by atoms with Crippen LogP contribution in [0.1, 0.15) is 18.1 Å². The number of hydrogen-bond donors (Lipinski definition) is 1. The van der Waals surface area contributed by atoms with E-state index in [1.807, 2.05) is 6.07 Å². The van der Waals surface area contributed by atoms with Crippen LogP contribution in [-0.2, 0) is 13.2 Å². The lowest BCUT2D eigenvalue weighted by Gasteiger charge is -2.08. The molecule has 1 N–H and O–H groups in total. The molecule has 2 nitrogen and oxygen atoms in total. The molecule has 0 spiro atoms. The van der Waals surface area contributed by atoms with Crippen molar-refractivity contribution in [3.05, 3.63) is 63.6 Å². The van der Waals surface area contributed by atoms with Gasteiger partial charge in [0.15, 0.2) is 0 Å². The summed E-state index contributed by atoms with van der Waals surface area (Å²) in [4.78, 5) is 0.